The Bertz CT molecular complexity index is 1070. The second-order valence-corrected chi connectivity index (χ2v) is 8.65. The van der Waals surface area contributed by atoms with E-state index >= 15 is 0 Å². The van der Waals surface area contributed by atoms with Crippen molar-refractivity contribution in [2.24, 2.45) is 0 Å². The summed E-state index contributed by atoms with van der Waals surface area (Å²) in [4.78, 5) is 12.4. The molecular formula is C22H27N5O4S. The molecule has 1 fully saturated rings. The van der Waals surface area contributed by atoms with Crippen LogP contribution in [0.3, 0.4) is 0 Å². The van der Waals surface area contributed by atoms with Crippen molar-refractivity contribution in [1.82, 2.24) is 19.9 Å². The zero-order valence-electron chi connectivity index (χ0n) is 18.5. The molecule has 0 aliphatic heterocycles. The van der Waals surface area contributed by atoms with Crippen LogP contribution < -0.4 is 14.8 Å². The molecule has 1 aliphatic carbocycles. The molecule has 1 aromatic carbocycles. The van der Waals surface area contributed by atoms with Crippen LogP contribution in [0.15, 0.2) is 33.9 Å². The van der Waals surface area contributed by atoms with Crippen molar-refractivity contribution < 1.29 is 18.8 Å². The van der Waals surface area contributed by atoms with Crippen LogP contribution in [0.5, 0.6) is 11.5 Å². The summed E-state index contributed by atoms with van der Waals surface area (Å²) in [6, 6.07) is 7.72. The SMILES string of the molecule is COc1ccc(-c2nnc(SCC(=O)Nc3cc(C)no3)n2C2CCCCC2)cc1OC. The quantitative estimate of drug-likeness (QED) is 0.493. The minimum absolute atomic E-state index is 0.183. The average Bonchev–Trinajstić information content (AvgIpc) is 3.43. The van der Waals surface area contributed by atoms with Crippen molar-refractivity contribution in [3.05, 3.63) is 30.0 Å². The molecule has 1 aliphatic rings. The fourth-order valence-corrected chi connectivity index (χ4v) is 4.75. The molecular weight excluding hydrogens is 430 g/mol. The van der Waals surface area contributed by atoms with Gasteiger partial charge in [0.2, 0.25) is 11.8 Å². The van der Waals surface area contributed by atoms with Crippen LogP contribution in [0, 0.1) is 6.92 Å². The van der Waals surface area contributed by atoms with Crippen molar-refractivity contribution in [2.75, 3.05) is 25.3 Å². The summed E-state index contributed by atoms with van der Waals surface area (Å²) in [6.45, 7) is 1.80. The highest BCUT2D eigenvalue weighted by molar-refractivity contribution is 7.99. The number of hydrogen-bond acceptors (Lipinski definition) is 8. The Morgan fingerprint density at radius 3 is 2.62 bits per heavy atom. The standard InChI is InChI=1S/C22H27N5O4S/c1-14-11-20(31-26-14)23-19(28)13-32-22-25-24-21(27(22)16-7-5-4-6-8-16)15-9-10-17(29-2)18(12-15)30-3/h9-12,16H,4-8,13H2,1-3H3,(H,23,28). The predicted octanol–water partition coefficient (Wildman–Crippen LogP) is 4.49. The molecule has 0 bridgehead atoms. The number of nitrogens with one attached hydrogen (secondary N) is 1. The minimum atomic E-state index is -0.183. The van der Waals surface area contributed by atoms with Crippen molar-refractivity contribution in [3.63, 3.8) is 0 Å². The lowest BCUT2D eigenvalue weighted by molar-refractivity contribution is -0.113. The van der Waals surface area contributed by atoms with Crippen molar-refractivity contribution in [1.29, 1.82) is 0 Å². The monoisotopic (exact) mass is 457 g/mol. The molecule has 0 atom stereocenters. The Balaban J connectivity index is 1.58. The highest BCUT2D eigenvalue weighted by Gasteiger charge is 2.25. The van der Waals surface area contributed by atoms with Gasteiger partial charge in [0.15, 0.2) is 22.5 Å². The Kier molecular flexibility index (Phi) is 6.99. The fraction of sp³-hybridized carbons (Fsp3) is 0.455. The highest BCUT2D eigenvalue weighted by atomic mass is 32.2. The Morgan fingerprint density at radius 1 is 1.16 bits per heavy atom. The number of methoxy groups -OCH3 is 2. The molecule has 0 spiro atoms. The van der Waals surface area contributed by atoms with Gasteiger partial charge in [-0.3, -0.25) is 14.7 Å². The third kappa shape index (κ3) is 4.90. The lowest BCUT2D eigenvalue weighted by Gasteiger charge is -2.25. The second-order valence-electron chi connectivity index (χ2n) is 7.71. The summed E-state index contributed by atoms with van der Waals surface area (Å²) in [5, 5.41) is 16.2. The lowest BCUT2D eigenvalue weighted by Crippen LogP contribution is -2.17. The molecule has 2 heterocycles. The largest absolute Gasteiger partial charge is 0.493 e. The van der Waals surface area contributed by atoms with Gasteiger partial charge in [0, 0.05) is 17.7 Å². The van der Waals surface area contributed by atoms with Crippen LogP contribution in [-0.2, 0) is 4.79 Å². The Labute approximate surface area is 190 Å². The molecule has 4 rings (SSSR count). The van der Waals surface area contributed by atoms with E-state index in [0.29, 0.717) is 29.1 Å². The first-order chi connectivity index (χ1) is 15.6. The fourth-order valence-electron chi connectivity index (χ4n) is 3.94. The predicted molar refractivity (Wildman–Crippen MR) is 121 cm³/mol. The van der Waals surface area contributed by atoms with Crippen molar-refractivity contribution >= 4 is 23.6 Å². The lowest BCUT2D eigenvalue weighted by atomic mass is 9.95. The van der Waals surface area contributed by atoms with E-state index in [2.05, 4.69) is 25.2 Å². The van der Waals surface area contributed by atoms with Crippen LogP contribution in [0.2, 0.25) is 0 Å². The molecule has 1 saturated carbocycles. The van der Waals surface area contributed by atoms with Gasteiger partial charge in [-0.2, -0.15) is 0 Å². The van der Waals surface area contributed by atoms with Gasteiger partial charge in [-0.25, -0.2) is 0 Å². The zero-order chi connectivity index (χ0) is 22.5. The summed E-state index contributed by atoms with van der Waals surface area (Å²) in [5.41, 5.74) is 1.61. The third-order valence-electron chi connectivity index (χ3n) is 5.47. The van der Waals surface area contributed by atoms with Gasteiger partial charge >= 0.3 is 0 Å². The molecule has 3 aromatic rings. The number of aromatic nitrogens is 4. The number of carbonyl (C=O) groups excluding carboxylic acids is 1. The number of ether oxygens (including phenoxy) is 2. The molecule has 0 saturated heterocycles. The van der Waals surface area contributed by atoms with Gasteiger partial charge in [0.25, 0.3) is 0 Å². The summed E-state index contributed by atoms with van der Waals surface area (Å²) in [6.07, 6.45) is 5.71. The molecule has 1 amide bonds. The molecule has 0 unspecified atom stereocenters. The van der Waals surface area contributed by atoms with Crippen molar-refractivity contribution in [2.45, 2.75) is 50.2 Å². The number of benzene rings is 1. The number of hydrogen-bond donors (Lipinski definition) is 1. The zero-order valence-corrected chi connectivity index (χ0v) is 19.3. The first kappa shape index (κ1) is 22.2. The molecule has 170 valence electrons. The van der Waals surface area contributed by atoms with Crippen LogP contribution in [0.1, 0.15) is 43.8 Å². The van der Waals surface area contributed by atoms with E-state index < -0.39 is 0 Å². The van der Waals surface area contributed by atoms with Crippen LogP contribution in [0.4, 0.5) is 5.88 Å². The number of rotatable bonds is 8. The van der Waals surface area contributed by atoms with Gasteiger partial charge in [0.1, 0.15) is 0 Å². The molecule has 32 heavy (non-hydrogen) atoms. The van der Waals surface area contributed by atoms with Gasteiger partial charge < -0.3 is 14.0 Å². The summed E-state index contributed by atoms with van der Waals surface area (Å²) < 4.78 is 18.1. The van der Waals surface area contributed by atoms with Crippen LogP contribution in [0.25, 0.3) is 11.4 Å². The topological polar surface area (TPSA) is 104 Å². The number of thioether (sulfide) groups is 1. The summed E-state index contributed by atoms with van der Waals surface area (Å²) >= 11 is 1.37. The maximum absolute atomic E-state index is 12.4. The number of amides is 1. The van der Waals surface area contributed by atoms with Gasteiger partial charge in [-0.15, -0.1) is 10.2 Å². The Hall–Kier alpha value is -3.01. The van der Waals surface area contributed by atoms with Gasteiger partial charge in [0.05, 0.1) is 25.7 Å². The summed E-state index contributed by atoms with van der Waals surface area (Å²) in [5.74, 6) is 2.42. The van der Waals surface area contributed by atoms with Crippen LogP contribution >= 0.6 is 11.8 Å². The second kappa shape index (κ2) is 10.1. The molecule has 1 N–H and O–H groups in total. The van der Waals surface area contributed by atoms with Gasteiger partial charge in [-0.05, 0) is 38.0 Å². The molecule has 2 aromatic heterocycles. The first-order valence-electron chi connectivity index (χ1n) is 10.6. The van der Waals surface area contributed by atoms with Gasteiger partial charge in [-0.1, -0.05) is 36.2 Å². The molecule has 0 radical (unpaired) electrons. The van der Waals surface area contributed by atoms with Crippen LogP contribution in [-0.4, -0.2) is 45.8 Å². The number of nitrogens with zero attached hydrogens (tertiary/aromatic N) is 4. The summed E-state index contributed by atoms with van der Waals surface area (Å²) in [7, 11) is 3.23. The molecule has 9 nitrogen and oxygen atoms in total. The maximum atomic E-state index is 12.4. The maximum Gasteiger partial charge on any atom is 0.237 e. The van der Waals surface area contributed by atoms with E-state index in [1.807, 2.05) is 18.2 Å². The number of carbonyl (C=O) groups is 1. The minimum Gasteiger partial charge on any atom is -0.493 e. The van der Waals surface area contributed by atoms with E-state index in [1.165, 1.54) is 31.0 Å². The average molecular weight is 458 g/mol. The highest BCUT2D eigenvalue weighted by Crippen LogP contribution is 2.38. The first-order valence-corrected chi connectivity index (χ1v) is 11.6. The third-order valence-corrected chi connectivity index (χ3v) is 6.41. The normalized spacial score (nSPS) is 14.3. The number of anilines is 1. The Morgan fingerprint density at radius 2 is 1.94 bits per heavy atom. The molecule has 10 heteroatoms. The van der Waals surface area contributed by atoms with Crippen molar-refractivity contribution in [3.8, 4) is 22.9 Å². The van der Waals surface area contributed by atoms with E-state index in [4.69, 9.17) is 14.0 Å². The van der Waals surface area contributed by atoms with E-state index in [1.54, 1.807) is 27.2 Å². The van der Waals surface area contributed by atoms with E-state index in [0.717, 1.165) is 29.4 Å². The number of aryl methyl sites for hydroxylation is 1. The smallest absolute Gasteiger partial charge is 0.237 e. The van der Waals surface area contributed by atoms with E-state index in [9.17, 15) is 4.79 Å². The van der Waals surface area contributed by atoms with E-state index in [-0.39, 0.29) is 11.7 Å².